The van der Waals surface area contributed by atoms with Crippen molar-refractivity contribution in [2.45, 2.75) is 71.9 Å². The van der Waals surface area contributed by atoms with E-state index < -0.39 is 42.3 Å². The lowest BCUT2D eigenvalue weighted by Crippen LogP contribution is -2.45. The molecule has 1 N–H and O–H groups in total. The summed E-state index contributed by atoms with van der Waals surface area (Å²) >= 11 is 0. The summed E-state index contributed by atoms with van der Waals surface area (Å²) in [6.07, 6.45) is 1.85. The molecule has 0 aliphatic rings. The number of ether oxygens (including phenoxy) is 4. The molecule has 0 aliphatic heterocycles. The Balaban J connectivity index is 2.01. The van der Waals surface area contributed by atoms with Crippen LogP contribution < -0.4 is 0 Å². The Bertz CT molecular complexity index is 1090. The van der Waals surface area contributed by atoms with Crippen LogP contribution in [0.4, 0.5) is 0 Å². The molecule has 0 amide bonds. The van der Waals surface area contributed by atoms with Gasteiger partial charge in [-0.05, 0) is 69.7 Å². The maximum absolute atomic E-state index is 12.9. The smallest absolute Gasteiger partial charge is 0.338 e. The summed E-state index contributed by atoms with van der Waals surface area (Å²) in [5.74, 6) is -3.10. The molecule has 38 heavy (non-hydrogen) atoms. The molecule has 0 aliphatic carbocycles. The zero-order valence-corrected chi connectivity index (χ0v) is 22.8. The second-order valence-electron chi connectivity index (χ2n) is 9.93. The lowest BCUT2D eigenvalue weighted by Gasteiger charge is -2.24. The predicted molar refractivity (Wildman–Crippen MR) is 143 cm³/mol. The third-order valence-electron chi connectivity index (χ3n) is 5.43. The summed E-state index contributed by atoms with van der Waals surface area (Å²) in [5.41, 5.74) is 3.48. The highest BCUT2D eigenvalue weighted by Gasteiger charge is 2.38. The van der Waals surface area contributed by atoms with Crippen molar-refractivity contribution in [3.8, 4) is 0 Å². The summed E-state index contributed by atoms with van der Waals surface area (Å²) in [4.78, 5) is 36.9. The zero-order chi connectivity index (χ0) is 28.1. The first-order valence-corrected chi connectivity index (χ1v) is 12.6. The van der Waals surface area contributed by atoms with Crippen LogP contribution in [-0.2, 0) is 39.9 Å². The first-order chi connectivity index (χ1) is 18.0. The number of unbranched alkanes of at least 4 members (excludes halogenated alkanes) is 1. The van der Waals surface area contributed by atoms with E-state index in [0.29, 0.717) is 12.8 Å². The quantitative estimate of drug-likeness (QED) is 0.270. The minimum atomic E-state index is -1.75. The topological polar surface area (TPSA) is 108 Å². The first kappa shape index (κ1) is 30.7. The van der Waals surface area contributed by atoms with Crippen molar-refractivity contribution in [3.63, 3.8) is 0 Å². The van der Waals surface area contributed by atoms with E-state index in [4.69, 9.17) is 18.9 Å². The molecule has 0 saturated carbocycles. The van der Waals surface area contributed by atoms with Gasteiger partial charge in [0.1, 0.15) is 18.8 Å². The third kappa shape index (κ3) is 11.3. The number of rotatable bonds is 14. The van der Waals surface area contributed by atoms with Crippen LogP contribution in [0, 0.1) is 13.8 Å². The Morgan fingerprint density at radius 2 is 1.66 bits per heavy atom. The molecule has 0 heterocycles. The molecule has 0 fully saturated rings. The maximum Gasteiger partial charge on any atom is 0.338 e. The van der Waals surface area contributed by atoms with Gasteiger partial charge in [0.15, 0.2) is 12.2 Å². The van der Waals surface area contributed by atoms with Crippen LogP contribution in [0.3, 0.4) is 0 Å². The van der Waals surface area contributed by atoms with Crippen molar-refractivity contribution in [3.05, 3.63) is 76.9 Å². The number of carboxylic acids is 1. The fraction of sp³-hybridized carbons (Fsp3) is 0.433. The normalized spacial score (nSPS) is 13.2. The van der Waals surface area contributed by atoms with Crippen LogP contribution in [0.2, 0.25) is 0 Å². The zero-order valence-electron chi connectivity index (χ0n) is 22.8. The number of hydrogen-bond donors (Lipinski definition) is 1. The summed E-state index contributed by atoms with van der Waals surface area (Å²) in [5, 5.41) is 9.76. The van der Waals surface area contributed by atoms with Gasteiger partial charge in [-0.1, -0.05) is 60.7 Å². The minimum Gasteiger partial charge on any atom is -0.479 e. The molecular formula is C30H38O8. The standard InChI is InChI=1S/C30H38O8/c1-21-15-16-23(18-22(21)2)12-10-7-11-17-35-27(29(34)37-19-24-13-8-6-9-14-24)26(28(32)33)36-20-25(31)38-30(3,4)5/h6,8-10,12-16,18,26-27H,7,11,17,19-20H2,1-5H3,(H,32,33)/b12-10+/t26-,27-/m1/s1. The third-order valence-corrected chi connectivity index (χ3v) is 5.43. The Kier molecular flexibility index (Phi) is 12.2. The predicted octanol–water partition coefficient (Wildman–Crippen LogP) is 5.04. The molecule has 0 radical (unpaired) electrons. The van der Waals surface area contributed by atoms with Gasteiger partial charge < -0.3 is 24.1 Å². The molecule has 2 atom stereocenters. The molecule has 0 saturated heterocycles. The lowest BCUT2D eigenvalue weighted by molar-refractivity contribution is -0.186. The van der Waals surface area contributed by atoms with Gasteiger partial charge in [-0.2, -0.15) is 0 Å². The Morgan fingerprint density at radius 3 is 2.29 bits per heavy atom. The van der Waals surface area contributed by atoms with E-state index in [0.717, 1.165) is 11.1 Å². The summed E-state index contributed by atoms with van der Waals surface area (Å²) in [6.45, 7) is 8.53. The number of carbonyl (C=O) groups excluding carboxylic acids is 2. The van der Waals surface area contributed by atoms with Gasteiger partial charge >= 0.3 is 17.9 Å². The molecule has 0 spiro atoms. The number of carbonyl (C=O) groups is 3. The molecule has 0 unspecified atom stereocenters. The molecule has 0 bridgehead atoms. The Labute approximate surface area is 224 Å². The van der Waals surface area contributed by atoms with Gasteiger partial charge in [0, 0.05) is 6.61 Å². The lowest BCUT2D eigenvalue weighted by atomic mass is 10.1. The second kappa shape index (κ2) is 15.1. The van der Waals surface area contributed by atoms with Crippen molar-refractivity contribution in [1.82, 2.24) is 0 Å². The van der Waals surface area contributed by atoms with Crippen molar-refractivity contribution in [1.29, 1.82) is 0 Å². The summed E-state index contributed by atoms with van der Waals surface area (Å²) in [7, 11) is 0. The van der Waals surface area contributed by atoms with Crippen molar-refractivity contribution in [2.24, 2.45) is 0 Å². The largest absolute Gasteiger partial charge is 0.479 e. The number of esters is 2. The summed E-state index contributed by atoms with van der Waals surface area (Å²) < 4.78 is 21.5. The molecule has 8 heteroatoms. The van der Waals surface area contributed by atoms with E-state index in [1.54, 1.807) is 45.0 Å². The minimum absolute atomic E-state index is 0.0589. The fourth-order valence-electron chi connectivity index (χ4n) is 3.41. The van der Waals surface area contributed by atoms with Crippen LogP contribution in [0.25, 0.3) is 6.08 Å². The highest BCUT2D eigenvalue weighted by molar-refractivity contribution is 5.85. The number of hydrogen-bond acceptors (Lipinski definition) is 7. The van der Waals surface area contributed by atoms with Crippen LogP contribution in [0.5, 0.6) is 0 Å². The van der Waals surface area contributed by atoms with Gasteiger partial charge in [0.2, 0.25) is 0 Å². The van der Waals surface area contributed by atoms with Crippen LogP contribution in [0.15, 0.2) is 54.6 Å². The Hall–Kier alpha value is -3.49. The van der Waals surface area contributed by atoms with Gasteiger partial charge in [-0.25, -0.2) is 14.4 Å². The molecule has 2 aromatic carbocycles. The number of benzene rings is 2. The monoisotopic (exact) mass is 526 g/mol. The highest BCUT2D eigenvalue weighted by atomic mass is 16.6. The number of carboxylic acid groups (broad SMARTS) is 1. The van der Waals surface area contributed by atoms with Gasteiger partial charge in [0.05, 0.1) is 0 Å². The molecule has 2 aromatic rings. The van der Waals surface area contributed by atoms with Crippen LogP contribution >= 0.6 is 0 Å². The molecule has 0 aromatic heterocycles. The average molecular weight is 527 g/mol. The van der Waals surface area contributed by atoms with Crippen molar-refractivity contribution >= 4 is 24.0 Å². The van der Waals surface area contributed by atoms with E-state index in [9.17, 15) is 19.5 Å². The van der Waals surface area contributed by atoms with E-state index in [-0.39, 0.29) is 13.2 Å². The van der Waals surface area contributed by atoms with E-state index in [2.05, 4.69) is 26.0 Å². The Morgan fingerprint density at radius 1 is 0.947 bits per heavy atom. The van der Waals surface area contributed by atoms with Gasteiger partial charge in [-0.3, -0.25) is 0 Å². The second-order valence-corrected chi connectivity index (χ2v) is 9.93. The first-order valence-electron chi connectivity index (χ1n) is 12.6. The molecule has 8 nitrogen and oxygen atoms in total. The SMILES string of the molecule is Cc1ccc(/C=C/CCCO[C@@H](C(=O)OCc2ccccc2)[C@@H](OCC(=O)OC(C)(C)C)C(=O)O)cc1C. The van der Waals surface area contributed by atoms with E-state index in [1.165, 1.54) is 11.1 Å². The number of allylic oxidation sites excluding steroid dienone is 1. The van der Waals surface area contributed by atoms with Gasteiger partial charge in [-0.15, -0.1) is 0 Å². The molecule has 206 valence electrons. The molecular weight excluding hydrogens is 488 g/mol. The van der Waals surface area contributed by atoms with E-state index >= 15 is 0 Å². The number of aliphatic carboxylic acids is 1. The maximum atomic E-state index is 12.9. The van der Waals surface area contributed by atoms with E-state index in [1.807, 2.05) is 24.3 Å². The van der Waals surface area contributed by atoms with Crippen molar-refractivity contribution in [2.75, 3.05) is 13.2 Å². The highest BCUT2D eigenvalue weighted by Crippen LogP contribution is 2.14. The fourth-order valence-corrected chi connectivity index (χ4v) is 3.41. The molecule has 2 rings (SSSR count). The van der Waals surface area contributed by atoms with Gasteiger partial charge in [0.25, 0.3) is 0 Å². The average Bonchev–Trinajstić information content (AvgIpc) is 2.84. The van der Waals surface area contributed by atoms with Crippen LogP contribution in [0.1, 0.15) is 55.9 Å². The number of aryl methyl sites for hydroxylation is 2. The van der Waals surface area contributed by atoms with Crippen molar-refractivity contribution < 1.29 is 38.4 Å². The van der Waals surface area contributed by atoms with Crippen LogP contribution in [-0.4, -0.2) is 54.0 Å². The summed E-state index contributed by atoms with van der Waals surface area (Å²) in [6, 6.07) is 15.2.